The van der Waals surface area contributed by atoms with Crippen LogP contribution in [0.5, 0.6) is 5.75 Å². The van der Waals surface area contributed by atoms with E-state index >= 15 is 0 Å². The Balaban J connectivity index is 1.59. The number of carbonyl (C=O) groups is 2. The predicted octanol–water partition coefficient (Wildman–Crippen LogP) is 3.23. The van der Waals surface area contributed by atoms with Crippen molar-refractivity contribution < 1.29 is 19.4 Å². The van der Waals surface area contributed by atoms with Crippen LogP contribution in [0.2, 0.25) is 10.0 Å². The van der Waals surface area contributed by atoms with Gasteiger partial charge in [0.25, 0.3) is 5.91 Å². The zero-order chi connectivity index (χ0) is 18.9. The summed E-state index contributed by atoms with van der Waals surface area (Å²) in [6, 6.07) is 4.31. The Bertz CT molecular complexity index is 704. The molecule has 6 nitrogen and oxygen atoms in total. The number of rotatable bonds is 5. The molecule has 0 aromatic heterocycles. The average molecular weight is 401 g/mol. The van der Waals surface area contributed by atoms with Gasteiger partial charge < -0.3 is 15.2 Å². The Hall–Kier alpha value is -1.50. The van der Waals surface area contributed by atoms with Crippen molar-refractivity contribution in [3.63, 3.8) is 0 Å². The van der Waals surface area contributed by atoms with Gasteiger partial charge in [0.15, 0.2) is 0 Å². The normalized spacial score (nSPS) is 26.9. The van der Waals surface area contributed by atoms with Crippen LogP contribution in [0.15, 0.2) is 18.2 Å². The van der Waals surface area contributed by atoms with Gasteiger partial charge in [0.2, 0.25) is 0 Å². The Labute approximate surface area is 162 Å². The highest BCUT2D eigenvalue weighted by Crippen LogP contribution is 2.36. The topological polar surface area (TPSA) is 78.9 Å². The first-order valence-corrected chi connectivity index (χ1v) is 9.46. The van der Waals surface area contributed by atoms with Crippen molar-refractivity contribution in [1.82, 2.24) is 10.2 Å². The summed E-state index contributed by atoms with van der Waals surface area (Å²) in [6.45, 7) is 1.91. The smallest absolute Gasteiger partial charge is 0.325 e. The minimum Gasteiger partial charge on any atom is -0.489 e. The number of ether oxygens (including phenoxy) is 1. The number of benzene rings is 1. The summed E-state index contributed by atoms with van der Waals surface area (Å²) in [5.74, 6) is 0.642. The third kappa shape index (κ3) is 3.92. The lowest BCUT2D eigenvalue weighted by Crippen LogP contribution is -2.49. The molecule has 2 N–H and O–H groups in total. The molecule has 2 fully saturated rings. The van der Waals surface area contributed by atoms with Gasteiger partial charge >= 0.3 is 6.03 Å². The van der Waals surface area contributed by atoms with E-state index in [1.54, 1.807) is 18.2 Å². The van der Waals surface area contributed by atoms with Crippen LogP contribution in [0, 0.1) is 5.92 Å². The van der Waals surface area contributed by atoms with Crippen LogP contribution >= 0.6 is 23.2 Å². The molecule has 142 valence electrons. The van der Waals surface area contributed by atoms with E-state index < -0.39 is 17.7 Å². The summed E-state index contributed by atoms with van der Waals surface area (Å²) in [7, 11) is 0. The molecule has 1 aliphatic carbocycles. The van der Waals surface area contributed by atoms with Gasteiger partial charge in [-0.05, 0) is 43.7 Å². The molecule has 2 aliphatic rings. The van der Waals surface area contributed by atoms with E-state index in [0.29, 0.717) is 34.6 Å². The minimum atomic E-state index is -1.03. The minimum absolute atomic E-state index is 0.110. The molecule has 1 aromatic carbocycles. The van der Waals surface area contributed by atoms with Crippen molar-refractivity contribution in [2.75, 3.05) is 13.2 Å². The number of hydrogen-bond acceptors (Lipinski definition) is 4. The van der Waals surface area contributed by atoms with Gasteiger partial charge in [0.05, 0.1) is 11.6 Å². The van der Waals surface area contributed by atoms with E-state index in [1.165, 1.54) is 0 Å². The lowest BCUT2D eigenvalue weighted by Gasteiger charge is -2.33. The maximum Gasteiger partial charge on any atom is 0.325 e. The predicted molar refractivity (Wildman–Crippen MR) is 98.6 cm³/mol. The fourth-order valence-electron chi connectivity index (χ4n) is 3.47. The number of halogens is 2. The van der Waals surface area contributed by atoms with Crippen molar-refractivity contribution in [3.05, 3.63) is 28.2 Å². The van der Waals surface area contributed by atoms with Crippen molar-refractivity contribution in [2.24, 2.45) is 5.92 Å². The second-order valence-electron chi connectivity index (χ2n) is 7.15. The fourth-order valence-corrected chi connectivity index (χ4v) is 3.81. The van der Waals surface area contributed by atoms with E-state index in [1.807, 2.05) is 0 Å². The van der Waals surface area contributed by atoms with Crippen molar-refractivity contribution in [3.8, 4) is 5.75 Å². The standard InChI is InChI=1S/C18H22Cl2N2O4/c1-11-4-6-18(7-5-11)16(24)22(17(25)21-18)9-13(23)10-26-15-8-12(19)2-3-14(15)20/h2-3,8,11,13,23H,4-7,9-10H2,1H3,(H,21,25). The molecule has 26 heavy (non-hydrogen) atoms. The summed E-state index contributed by atoms with van der Waals surface area (Å²) in [4.78, 5) is 26.1. The number of imide groups is 1. The Morgan fingerprint density at radius 3 is 2.73 bits per heavy atom. The Kier molecular flexibility index (Phi) is 5.65. The Morgan fingerprint density at radius 1 is 1.35 bits per heavy atom. The highest BCUT2D eigenvalue weighted by atomic mass is 35.5. The van der Waals surface area contributed by atoms with Crippen LogP contribution in [0.1, 0.15) is 32.6 Å². The molecular formula is C18H22Cl2N2O4. The van der Waals surface area contributed by atoms with Crippen LogP contribution in [-0.4, -0.2) is 46.7 Å². The van der Waals surface area contributed by atoms with E-state index in [4.69, 9.17) is 27.9 Å². The molecule has 3 amide bonds. The molecule has 0 bridgehead atoms. The lowest BCUT2D eigenvalue weighted by atomic mass is 9.77. The number of aliphatic hydroxyl groups excluding tert-OH is 1. The largest absolute Gasteiger partial charge is 0.489 e. The van der Waals surface area contributed by atoms with Crippen molar-refractivity contribution in [2.45, 2.75) is 44.2 Å². The number of nitrogens with one attached hydrogen (secondary N) is 1. The number of aliphatic hydroxyl groups is 1. The van der Waals surface area contributed by atoms with E-state index in [0.717, 1.165) is 17.7 Å². The quantitative estimate of drug-likeness (QED) is 0.743. The van der Waals surface area contributed by atoms with Crippen LogP contribution < -0.4 is 10.1 Å². The molecule has 1 heterocycles. The number of amides is 3. The summed E-state index contributed by atoms with van der Waals surface area (Å²) in [6.07, 6.45) is 2.05. The van der Waals surface area contributed by atoms with Crippen LogP contribution in [0.4, 0.5) is 4.79 Å². The number of urea groups is 1. The average Bonchev–Trinajstić information content (AvgIpc) is 2.83. The molecule has 0 radical (unpaired) electrons. The van der Waals surface area contributed by atoms with Gasteiger partial charge in [0.1, 0.15) is 24.0 Å². The van der Waals surface area contributed by atoms with E-state index in [9.17, 15) is 14.7 Å². The van der Waals surface area contributed by atoms with E-state index in [2.05, 4.69) is 12.2 Å². The van der Waals surface area contributed by atoms with Crippen molar-refractivity contribution in [1.29, 1.82) is 0 Å². The SMILES string of the molecule is CC1CCC2(CC1)NC(=O)N(CC(O)COc1cc(Cl)ccc1Cl)C2=O. The molecule has 1 atom stereocenters. The van der Waals surface area contributed by atoms with Gasteiger partial charge in [-0.2, -0.15) is 0 Å². The molecule has 8 heteroatoms. The molecule has 1 saturated heterocycles. The molecule has 1 saturated carbocycles. The number of nitrogens with zero attached hydrogens (tertiary/aromatic N) is 1. The number of carbonyl (C=O) groups excluding carboxylic acids is 2. The third-order valence-electron chi connectivity index (χ3n) is 5.09. The van der Waals surface area contributed by atoms with Crippen LogP contribution in [-0.2, 0) is 4.79 Å². The molecule has 1 unspecified atom stereocenters. The third-order valence-corrected chi connectivity index (χ3v) is 5.64. The molecule has 3 rings (SSSR count). The zero-order valence-corrected chi connectivity index (χ0v) is 16.0. The summed E-state index contributed by atoms with van der Waals surface area (Å²) in [5, 5.41) is 13.9. The first kappa shape index (κ1) is 19.3. The van der Waals surface area contributed by atoms with Crippen LogP contribution in [0.25, 0.3) is 0 Å². The summed E-state index contributed by atoms with van der Waals surface area (Å²) >= 11 is 11.9. The fraction of sp³-hybridized carbons (Fsp3) is 0.556. The second-order valence-corrected chi connectivity index (χ2v) is 7.99. The Morgan fingerprint density at radius 2 is 2.04 bits per heavy atom. The molecule has 1 aromatic rings. The van der Waals surface area contributed by atoms with Crippen LogP contribution in [0.3, 0.4) is 0 Å². The van der Waals surface area contributed by atoms with E-state index in [-0.39, 0.29) is 19.1 Å². The highest BCUT2D eigenvalue weighted by molar-refractivity contribution is 6.34. The maximum atomic E-state index is 12.8. The monoisotopic (exact) mass is 400 g/mol. The maximum absolute atomic E-state index is 12.8. The van der Waals surface area contributed by atoms with Gasteiger partial charge in [0, 0.05) is 11.1 Å². The number of hydrogen-bond donors (Lipinski definition) is 2. The molecular weight excluding hydrogens is 379 g/mol. The number of β-amino-alcohol motifs (C(OH)–C–C–N with tert-alkyl or cyclic N) is 1. The van der Waals surface area contributed by atoms with Gasteiger partial charge in [-0.25, -0.2) is 4.79 Å². The van der Waals surface area contributed by atoms with Crippen molar-refractivity contribution >= 4 is 35.1 Å². The lowest BCUT2D eigenvalue weighted by molar-refractivity contribution is -0.133. The zero-order valence-electron chi connectivity index (χ0n) is 14.5. The molecule has 1 aliphatic heterocycles. The summed E-state index contributed by atoms with van der Waals surface area (Å²) < 4.78 is 5.48. The van der Waals surface area contributed by atoms with Gasteiger partial charge in [-0.15, -0.1) is 0 Å². The molecule has 1 spiro atoms. The van der Waals surface area contributed by atoms with Gasteiger partial charge in [-0.1, -0.05) is 30.1 Å². The highest BCUT2D eigenvalue weighted by Gasteiger charge is 2.52. The van der Waals surface area contributed by atoms with Gasteiger partial charge in [-0.3, -0.25) is 9.69 Å². The first-order valence-electron chi connectivity index (χ1n) is 8.71. The summed E-state index contributed by atoms with van der Waals surface area (Å²) in [5.41, 5.74) is -0.805. The first-order chi connectivity index (χ1) is 12.3. The second kappa shape index (κ2) is 7.62.